The Labute approximate surface area is 105 Å². The average molecular weight is 252 g/mol. The van der Waals surface area contributed by atoms with Crippen LogP contribution < -0.4 is 5.73 Å². The van der Waals surface area contributed by atoms with E-state index in [-0.39, 0.29) is 0 Å². The number of nitrogens with two attached hydrogens (primary N) is 1. The molecule has 0 aromatic heterocycles. The van der Waals surface area contributed by atoms with Gasteiger partial charge in [0.25, 0.3) is 0 Å². The molecule has 1 fully saturated rings. The van der Waals surface area contributed by atoms with Gasteiger partial charge in [-0.25, -0.2) is 0 Å². The Hall–Kier alpha value is -0.710. The van der Waals surface area contributed by atoms with Crippen LogP contribution in [0.2, 0.25) is 0 Å². The highest BCUT2D eigenvalue weighted by atomic mass is 32.2. The molecule has 1 aromatic carbocycles. The fraction of sp³-hybridized carbons (Fsp3) is 0.538. The second-order valence-corrected chi connectivity index (χ2v) is 6.29. The molecule has 0 aliphatic carbocycles. The smallest absolute Gasteiger partial charge is 0.0363 e. The summed E-state index contributed by atoms with van der Waals surface area (Å²) < 4.78 is 11.3. The van der Waals surface area contributed by atoms with Crippen LogP contribution in [0, 0.1) is 6.92 Å². The van der Waals surface area contributed by atoms with Crippen molar-refractivity contribution in [3.63, 3.8) is 0 Å². The molecule has 4 heteroatoms. The number of rotatable bonds is 3. The highest BCUT2D eigenvalue weighted by molar-refractivity contribution is 7.85. The monoisotopic (exact) mass is 252 g/mol. The maximum absolute atomic E-state index is 11.3. The van der Waals surface area contributed by atoms with Crippen molar-refractivity contribution in [3.05, 3.63) is 34.9 Å². The highest BCUT2D eigenvalue weighted by Gasteiger charge is 2.15. The minimum atomic E-state index is -0.588. The van der Waals surface area contributed by atoms with Gasteiger partial charge in [0.05, 0.1) is 0 Å². The molecule has 94 valence electrons. The Bertz CT molecular complexity index is 410. The van der Waals surface area contributed by atoms with Crippen molar-refractivity contribution < 1.29 is 4.21 Å². The Balaban J connectivity index is 2.01. The van der Waals surface area contributed by atoms with Crippen LogP contribution >= 0.6 is 0 Å². The predicted octanol–water partition coefficient (Wildman–Crippen LogP) is 1.02. The summed E-state index contributed by atoms with van der Waals surface area (Å²) in [6, 6.07) is 6.44. The van der Waals surface area contributed by atoms with Crippen LogP contribution in [-0.2, 0) is 23.9 Å². The molecule has 0 atom stereocenters. The Morgan fingerprint density at radius 3 is 2.65 bits per heavy atom. The number of hydrogen-bond donors (Lipinski definition) is 1. The second-order valence-electron chi connectivity index (χ2n) is 4.59. The van der Waals surface area contributed by atoms with Crippen LogP contribution in [0.4, 0.5) is 0 Å². The summed E-state index contributed by atoms with van der Waals surface area (Å²) in [5.41, 5.74) is 9.47. The van der Waals surface area contributed by atoms with E-state index >= 15 is 0 Å². The summed E-state index contributed by atoms with van der Waals surface area (Å²) >= 11 is 0. The Kier molecular flexibility index (Phi) is 4.31. The molecular formula is C13H20N2OS. The molecular weight excluding hydrogens is 232 g/mol. The molecule has 2 rings (SSSR count). The first-order chi connectivity index (χ1) is 8.19. The first-order valence-corrected chi connectivity index (χ1v) is 7.53. The number of hydrogen-bond acceptors (Lipinski definition) is 3. The SMILES string of the molecule is Cc1cc(CN)ccc1CN1CCS(=O)CC1. The van der Waals surface area contributed by atoms with Crippen LogP contribution in [0.3, 0.4) is 0 Å². The Morgan fingerprint density at radius 1 is 1.35 bits per heavy atom. The summed E-state index contributed by atoms with van der Waals surface area (Å²) in [5.74, 6) is 1.64. The lowest BCUT2D eigenvalue weighted by Crippen LogP contribution is -2.37. The van der Waals surface area contributed by atoms with E-state index in [1.807, 2.05) is 0 Å². The molecule has 0 amide bonds. The van der Waals surface area contributed by atoms with E-state index in [4.69, 9.17) is 5.73 Å². The normalized spacial score (nSPS) is 18.5. The molecule has 0 saturated carbocycles. The van der Waals surface area contributed by atoms with E-state index in [1.54, 1.807) is 0 Å². The lowest BCUT2D eigenvalue weighted by Gasteiger charge is -2.26. The number of benzene rings is 1. The van der Waals surface area contributed by atoms with Gasteiger partial charge in [0.15, 0.2) is 0 Å². The largest absolute Gasteiger partial charge is 0.326 e. The topological polar surface area (TPSA) is 46.3 Å². The number of nitrogens with zero attached hydrogens (tertiary/aromatic N) is 1. The van der Waals surface area contributed by atoms with Crippen LogP contribution in [0.5, 0.6) is 0 Å². The fourth-order valence-corrected chi connectivity index (χ4v) is 3.26. The van der Waals surface area contributed by atoms with E-state index in [2.05, 4.69) is 30.0 Å². The second kappa shape index (κ2) is 5.76. The van der Waals surface area contributed by atoms with Gasteiger partial charge in [-0.15, -0.1) is 0 Å². The minimum absolute atomic E-state index is 0.588. The zero-order valence-electron chi connectivity index (χ0n) is 10.3. The van der Waals surface area contributed by atoms with Crippen molar-refractivity contribution >= 4 is 10.8 Å². The van der Waals surface area contributed by atoms with Gasteiger partial charge in [0, 0.05) is 48.5 Å². The van der Waals surface area contributed by atoms with Crippen molar-refractivity contribution in [1.82, 2.24) is 4.90 Å². The van der Waals surface area contributed by atoms with Gasteiger partial charge >= 0.3 is 0 Å². The first-order valence-electron chi connectivity index (χ1n) is 6.05. The zero-order valence-corrected chi connectivity index (χ0v) is 11.1. The summed E-state index contributed by atoms with van der Waals surface area (Å²) in [7, 11) is -0.588. The molecule has 0 unspecified atom stereocenters. The van der Waals surface area contributed by atoms with Crippen molar-refractivity contribution in [2.45, 2.75) is 20.0 Å². The third-order valence-electron chi connectivity index (χ3n) is 3.31. The molecule has 0 bridgehead atoms. The molecule has 3 nitrogen and oxygen atoms in total. The molecule has 1 heterocycles. The molecule has 0 spiro atoms. The molecule has 17 heavy (non-hydrogen) atoms. The van der Waals surface area contributed by atoms with Gasteiger partial charge in [-0.2, -0.15) is 0 Å². The molecule has 1 saturated heterocycles. The van der Waals surface area contributed by atoms with E-state index in [0.29, 0.717) is 6.54 Å². The third kappa shape index (κ3) is 3.37. The average Bonchev–Trinajstić information content (AvgIpc) is 2.34. The van der Waals surface area contributed by atoms with E-state index in [0.717, 1.165) is 31.1 Å². The predicted molar refractivity (Wildman–Crippen MR) is 72.2 cm³/mol. The minimum Gasteiger partial charge on any atom is -0.326 e. The number of aryl methyl sites for hydroxylation is 1. The summed E-state index contributed by atoms with van der Waals surface area (Å²) in [6.45, 7) is 5.60. The fourth-order valence-electron chi connectivity index (χ4n) is 2.14. The lowest BCUT2D eigenvalue weighted by atomic mass is 10.0. The zero-order chi connectivity index (χ0) is 12.3. The molecule has 0 radical (unpaired) electrons. The summed E-state index contributed by atoms with van der Waals surface area (Å²) in [5, 5.41) is 0. The van der Waals surface area contributed by atoms with E-state index in [9.17, 15) is 4.21 Å². The van der Waals surface area contributed by atoms with Crippen LogP contribution in [0.15, 0.2) is 18.2 Å². The van der Waals surface area contributed by atoms with Crippen molar-refractivity contribution in [2.24, 2.45) is 5.73 Å². The Morgan fingerprint density at radius 2 is 2.06 bits per heavy atom. The van der Waals surface area contributed by atoms with Gasteiger partial charge in [0.2, 0.25) is 0 Å². The van der Waals surface area contributed by atoms with E-state index < -0.39 is 10.8 Å². The molecule has 1 aliphatic heterocycles. The summed E-state index contributed by atoms with van der Waals surface area (Å²) in [4.78, 5) is 2.38. The van der Waals surface area contributed by atoms with Gasteiger partial charge in [-0.1, -0.05) is 18.2 Å². The van der Waals surface area contributed by atoms with Crippen molar-refractivity contribution in [2.75, 3.05) is 24.6 Å². The van der Waals surface area contributed by atoms with Gasteiger partial charge in [-0.05, 0) is 23.6 Å². The summed E-state index contributed by atoms with van der Waals surface area (Å²) in [6.07, 6.45) is 0. The molecule has 2 N–H and O–H groups in total. The quantitative estimate of drug-likeness (QED) is 0.873. The standard InChI is InChI=1S/C13H20N2OS/c1-11-8-12(9-14)2-3-13(11)10-15-4-6-17(16)7-5-15/h2-3,8H,4-7,9-10,14H2,1H3. The highest BCUT2D eigenvalue weighted by Crippen LogP contribution is 2.14. The van der Waals surface area contributed by atoms with Gasteiger partial charge < -0.3 is 5.73 Å². The molecule has 1 aliphatic rings. The van der Waals surface area contributed by atoms with Crippen molar-refractivity contribution in [1.29, 1.82) is 0 Å². The van der Waals surface area contributed by atoms with Crippen LogP contribution in [0.1, 0.15) is 16.7 Å². The molecule has 1 aromatic rings. The maximum atomic E-state index is 11.3. The van der Waals surface area contributed by atoms with Gasteiger partial charge in [0.1, 0.15) is 0 Å². The maximum Gasteiger partial charge on any atom is 0.0363 e. The van der Waals surface area contributed by atoms with E-state index in [1.165, 1.54) is 16.7 Å². The van der Waals surface area contributed by atoms with Crippen molar-refractivity contribution in [3.8, 4) is 0 Å². The lowest BCUT2D eigenvalue weighted by molar-refractivity contribution is 0.291. The third-order valence-corrected chi connectivity index (χ3v) is 4.58. The van der Waals surface area contributed by atoms with Gasteiger partial charge in [-0.3, -0.25) is 9.11 Å². The van der Waals surface area contributed by atoms with Crippen LogP contribution in [-0.4, -0.2) is 33.7 Å². The first kappa shape index (κ1) is 12.7. The van der Waals surface area contributed by atoms with Crippen LogP contribution in [0.25, 0.3) is 0 Å².